The Kier molecular flexibility index (Phi) is 2.00. The monoisotopic (exact) mass is 205 g/mol. The number of fused-ring (bicyclic) bond motifs is 1. The van der Waals surface area contributed by atoms with Crippen LogP contribution in [0.3, 0.4) is 0 Å². The van der Waals surface area contributed by atoms with E-state index in [0.717, 1.165) is 18.5 Å². The molecule has 0 radical (unpaired) electrons. The first kappa shape index (κ1) is 8.38. The summed E-state index contributed by atoms with van der Waals surface area (Å²) in [5.41, 5.74) is 4.30. The van der Waals surface area contributed by atoms with Crippen LogP contribution in [0.25, 0.3) is 10.2 Å². The fourth-order valence-corrected chi connectivity index (χ4v) is 2.70. The molecule has 1 saturated heterocycles. The van der Waals surface area contributed by atoms with E-state index in [9.17, 15) is 0 Å². The first-order valence-corrected chi connectivity index (χ1v) is 5.77. The molecule has 1 atom stereocenters. The van der Waals surface area contributed by atoms with Crippen LogP contribution in [0.1, 0.15) is 24.5 Å². The van der Waals surface area contributed by atoms with Gasteiger partial charge in [-0.15, -0.1) is 11.3 Å². The van der Waals surface area contributed by atoms with Crippen molar-refractivity contribution < 1.29 is 4.74 Å². The van der Waals surface area contributed by atoms with Crippen molar-refractivity contribution in [2.24, 2.45) is 0 Å². The van der Waals surface area contributed by atoms with Crippen LogP contribution in [0.5, 0.6) is 0 Å². The number of para-hydroxylation sites is 1. The van der Waals surface area contributed by atoms with Crippen LogP contribution in [0, 0.1) is 0 Å². The predicted molar refractivity (Wildman–Crippen MR) is 57.5 cm³/mol. The highest BCUT2D eigenvalue weighted by Gasteiger charge is 2.20. The molecule has 1 aromatic heterocycles. The second-order valence-electron chi connectivity index (χ2n) is 3.55. The average Bonchev–Trinajstić information content (AvgIpc) is 2.88. The molecule has 2 nitrogen and oxygen atoms in total. The predicted octanol–water partition coefficient (Wildman–Crippen LogP) is 3.15. The van der Waals surface area contributed by atoms with Gasteiger partial charge in [0.05, 0.1) is 21.8 Å². The number of aromatic nitrogens is 1. The van der Waals surface area contributed by atoms with Gasteiger partial charge in [-0.25, -0.2) is 4.98 Å². The largest absolute Gasteiger partial charge is 0.373 e. The number of nitrogens with zero attached hydrogens (tertiary/aromatic N) is 1. The van der Waals surface area contributed by atoms with Crippen molar-refractivity contribution in [1.82, 2.24) is 4.98 Å². The van der Waals surface area contributed by atoms with Gasteiger partial charge < -0.3 is 4.74 Å². The molecule has 3 heteroatoms. The Morgan fingerprint density at radius 1 is 1.43 bits per heavy atom. The zero-order valence-corrected chi connectivity index (χ0v) is 8.59. The van der Waals surface area contributed by atoms with Gasteiger partial charge in [0.25, 0.3) is 0 Å². The lowest BCUT2D eigenvalue weighted by molar-refractivity contribution is 0.113. The highest BCUT2D eigenvalue weighted by molar-refractivity contribution is 7.16. The Labute approximate surface area is 86.5 Å². The number of benzene rings is 1. The van der Waals surface area contributed by atoms with E-state index in [-0.39, 0.29) is 6.10 Å². The number of ether oxygens (including phenoxy) is 1. The van der Waals surface area contributed by atoms with Gasteiger partial charge in [0.15, 0.2) is 0 Å². The van der Waals surface area contributed by atoms with Crippen molar-refractivity contribution in [3.63, 3.8) is 0 Å². The summed E-state index contributed by atoms with van der Waals surface area (Å²) >= 11 is 1.69. The average molecular weight is 205 g/mol. The maximum atomic E-state index is 5.68. The van der Waals surface area contributed by atoms with Crippen molar-refractivity contribution in [1.29, 1.82) is 0 Å². The van der Waals surface area contributed by atoms with E-state index < -0.39 is 0 Å². The van der Waals surface area contributed by atoms with E-state index in [0.29, 0.717) is 0 Å². The first-order valence-electron chi connectivity index (χ1n) is 4.89. The smallest absolute Gasteiger partial charge is 0.0870 e. The zero-order chi connectivity index (χ0) is 9.38. The van der Waals surface area contributed by atoms with Crippen LogP contribution in [-0.4, -0.2) is 11.6 Å². The van der Waals surface area contributed by atoms with Crippen molar-refractivity contribution in [2.75, 3.05) is 6.61 Å². The van der Waals surface area contributed by atoms with Crippen molar-refractivity contribution in [3.05, 3.63) is 29.3 Å². The molecular formula is C11H11NOS. The molecule has 2 aromatic rings. The highest BCUT2D eigenvalue weighted by atomic mass is 32.1. The molecule has 1 aromatic carbocycles. The molecule has 0 amide bonds. The molecule has 72 valence electrons. The Hall–Kier alpha value is -0.930. The van der Waals surface area contributed by atoms with Gasteiger partial charge in [0.2, 0.25) is 0 Å². The number of hydrogen-bond donors (Lipinski definition) is 0. The molecule has 0 spiro atoms. The minimum atomic E-state index is 0.279. The Morgan fingerprint density at radius 2 is 2.43 bits per heavy atom. The fraction of sp³-hybridized carbons (Fsp3) is 0.364. The third-order valence-electron chi connectivity index (χ3n) is 2.67. The number of hydrogen-bond acceptors (Lipinski definition) is 3. The standard InChI is InChI=1S/C11H11NOS/c1-3-8(9-4-2-6-13-9)11-10(5-1)14-7-12-11/h1,3,5,7,9H,2,4,6H2. The summed E-state index contributed by atoms with van der Waals surface area (Å²) < 4.78 is 6.94. The van der Waals surface area contributed by atoms with Gasteiger partial charge in [-0.05, 0) is 18.9 Å². The quantitative estimate of drug-likeness (QED) is 0.713. The van der Waals surface area contributed by atoms with E-state index >= 15 is 0 Å². The topological polar surface area (TPSA) is 22.1 Å². The molecular weight excluding hydrogens is 194 g/mol. The van der Waals surface area contributed by atoms with Crippen LogP contribution >= 0.6 is 11.3 Å². The van der Waals surface area contributed by atoms with Gasteiger partial charge in [-0.2, -0.15) is 0 Å². The molecule has 1 fully saturated rings. The highest BCUT2D eigenvalue weighted by Crippen LogP contribution is 2.33. The fourth-order valence-electron chi connectivity index (χ4n) is 1.99. The molecule has 1 aliphatic heterocycles. The van der Waals surface area contributed by atoms with Crippen LogP contribution in [-0.2, 0) is 4.74 Å². The summed E-state index contributed by atoms with van der Waals surface area (Å²) in [7, 11) is 0. The lowest BCUT2D eigenvalue weighted by Gasteiger charge is -2.09. The molecule has 0 aliphatic carbocycles. The van der Waals surface area contributed by atoms with Gasteiger partial charge >= 0.3 is 0 Å². The molecule has 1 aliphatic rings. The SMILES string of the molecule is c1cc(C2CCCO2)c2ncsc2c1. The molecule has 1 unspecified atom stereocenters. The van der Waals surface area contributed by atoms with Crippen molar-refractivity contribution in [2.45, 2.75) is 18.9 Å². The summed E-state index contributed by atoms with van der Waals surface area (Å²) in [6.07, 6.45) is 2.59. The van der Waals surface area contributed by atoms with Crippen LogP contribution < -0.4 is 0 Å². The van der Waals surface area contributed by atoms with Crippen LogP contribution in [0.2, 0.25) is 0 Å². The molecule has 2 heterocycles. The van der Waals surface area contributed by atoms with Crippen LogP contribution in [0.15, 0.2) is 23.7 Å². The van der Waals surface area contributed by atoms with E-state index in [1.54, 1.807) is 11.3 Å². The number of rotatable bonds is 1. The van der Waals surface area contributed by atoms with E-state index in [1.807, 2.05) is 5.51 Å². The Balaban J connectivity index is 2.14. The summed E-state index contributed by atoms with van der Waals surface area (Å²) in [6.45, 7) is 0.894. The van der Waals surface area contributed by atoms with E-state index in [1.165, 1.54) is 16.7 Å². The molecule has 14 heavy (non-hydrogen) atoms. The molecule has 3 rings (SSSR count). The normalized spacial score (nSPS) is 21.9. The maximum absolute atomic E-state index is 5.68. The van der Waals surface area contributed by atoms with Crippen molar-refractivity contribution in [3.8, 4) is 0 Å². The summed E-state index contributed by atoms with van der Waals surface area (Å²) in [5.74, 6) is 0. The minimum absolute atomic E-state index is 0.279. The first-order chi connectivity index (χ1) is 6.95. The second-order valence-corrected chi connectivity index (χ2v) is 4.43. The maximum Gasteiger partial charge on any atom is 0.0870 e. The van der Waals surface area contributed by atoms with E-state index in [2.05, 4.69) is 23.2 Å². The van der Waals surface area contributed by atoms with Gasteiger partial charge in [0, 0.05) is 12.2 Å². The number of thiazole rings is 1. The van der Waals surface area contributed by atoms with Gasteiger partial charge in [-0.1, -0.05) is 12.1 Å². The minimum Gasteiger partial charge on any atom is -0.373 e. The van der Waals surface area contributed by atoms with Gasteiger partial charge in [-0.3, -0.25) is 0 Å². The van der Waals surface area contributed by atoms with E-state index in [4.69, 9.17) is 4.74 Å². The second kappa shape index (κ2) is 3.33. The molecule has 0 bridgehead atoms. The third kappa shape index (κ3) is 1.24. The van der Waals surface area contributed by atoms with Gasteiger partial charge in [0.1, 0.15) is 0 Å². The summed E-state index contributed by atoms with van der Waals surface area (Å²) in [6, 6.07) is 6.35. The Morgan fingerprint density at radius 3 is 3.29 bits per heavy atom. The van der Waals surface area contributed by atoms with Crippen LogP contribution in [0.4, 0.5) is 0 Å². The third-order valence-corrected chi connectivity index (χ3v) is 3.46. The van der Waals surface area contributed by atoms with Crippen molar-refractivity contribution >= 4 is 21.6 Å². The zero-order valence-electron chi connectivity index (χ0n) is 7.77. The lowest BCUT2D eigenvalue weighted by atomic mass is 10.1. The Bertz CT molecular complexity index is 445. The summed E-state index contributed by atoms with van der Waals surface area (Å²) in [5, 5.41) is 0. The summed E-state index contributed by atoms with van der Waals surface area (Å²) in [4.78, 5) is 4.40. The lowest BCUT2D eigenvalue weighted by Crippen LogP contribution is -1.96. The molecule has 0 saturated carbocycles. The molecule has 0 N–H and O–H groups in total.